The first kappa shape index (κ1) is 42.5. The number of para-hydroxylation sites is 1. The van der Waals surface area contributed by atoms with Gasteiger partial charge in [0.1, 0.15) is 41.8 Å². The Hall–Kier alpha value is -5.15. The van der Waals surface area contributed by atoms with E-state index in [1.165, 1.54) is 33.3 Å². The summed E-state index contributed by atoms with van der Waals surface area (Å²) in [5.74, 6) is -4.01. The summed E-state index contributed by atoms with van der Waals surface area (Å²) in [6.07, 6.45) is -7.00. The van der Waals surface area contributed by atoms with Gasteiger partial charge in [-0.05, 0) is 37.3 Å². The number of esters is 1. The van der Waals surface area contributed by atoms with Gasteiger partial charge in [-0.25, -0.2) is 14.2 Å². The molecule has 0 aliphatic carbocycles. The molecule has 2 aliphatic heterocycles. The average Bonchev–Trinajstić information content (AvgIpc) is 3.73. The Morgan fingerprint density at radius 1 is 1.07 bits per heavy atom. The second kappa shape index (κ2) is 18.6. The zero-order valence-corrected chi connectivity index (χ0v) is 32.4. The summed E-state index contributed by atoms with van der Waals surface area (Å²) in [5, 5.41) is 15.9. The Kier molecular flexibility index (Phi) is 13.6. The van der Waals surface area contributed by atoms with Crippen molar-refractivity contribution in [2.75, 3.05) is 65.6 Å². The molecule has 2 aromatic carbocycles. The predicted octanol–water partition coefficient (Wildman–Crippen LogP) is 3.71. The zero-order valence-electron chi connectivity index (χ0n) is 31.5. The SMILES string of the molecule is COc1cc(OC)c2oc(COC(=O)Nc3ccn([C@@H]4O[C@H](COP(=O)(N[C@@H](C)C(=O)OCCN5CCOCC5)Oc5ccccc5)[C@@H](O)C4(F)F)c(=O)n3)cc2c1. The van der Waals surface area contributed by atoms with Crippen LogP contribution in [0.1, 0.15) is 18.9 Å². The van der Waals surface area contributed by atoms with E-state index in [-0.39, 0.29) is 30.5 Å². The first-order valence-electron chi connectivity index (χ1n) is 17.9. The molecule has 2 fully saturated rings. The van der Waals surface area contributed by atoms with Crippen molar-refractivity contribution in [2.45, 2.75) is 43.9 Å². The van der Waals surface area contributed by atoms with Gasteiger partial charge < -0.3 is 42.5 Å². The fraction of sp³-hybridized carbons (Fsp3) is 0.444. The molecule has 2 aromatic heterocycles. The lowest BCUT2D eigenvalue weighted by Gasteiger charge is -2.27. The maximum Gasteiger partial charge on any atom is 0.459 e. The Morgan fingerprint density at radius 2 is 1.83 bits per heavy atom. The number of rotatable bonds is 17. The second-order valence-electron chi connectivity index (χ2n) is 13.0. The Morgan fingerprint density at radius 3 is 2.53 bits per heavy atom. The highest BCUT2D eigenvalue weighted by Crippen LogP contribution is 2.48. The minimum atomic E-state index is -4.56. The third-order valence-electron chi connectivity index (χ3n) is 8.94. The van der Waals surface area contributed by atoms with Crippen LogP contribution in [-0.4, -0.2) is 116 Å². The molecule has 4 heterocycles. The van der Waals surface area contributed by atoms with Gasteiger partial charge in [0, 0.05) is 37.3 Å². The molecule has 3 N–H and O–H groups in total. The molecular formula is C36H42F2N5O14P. The standard InChI is InChI=1S/C36H42F2N5O14P/c1-22(32(45)52-16-13-42-11-14-51-15-12-42)41-58(48,57-24-7-5-4-6-8-24)54-21-28-31(44)36(37,38)33(56-28)43-10-9-29(39-34(43)46)40-35(47)53-20-26-18-23-17-25(49-2)19-27(50-3)30(23)55-26/h4-10,17-19,22,28,31,33,44H,11-16,20-21H2,1-3H3,(H,41,48)(H,39,40,46,47)/t22-,28+,31+,33+,58?/m0/s1. The van der Waals surface area contributed by atoms with E-state index in [0.29, 0.717) is 59.9 Å². The number of methoxy groups -OCH3 is 2. The molecule has 0 radical (unpaired) electrons. The number of ether oxygens (including phenoxy) is 6. The summed E-state index contributed by atoms with van der Waals surface area (Å²) in [6, 6.07) is 12.4. The van der Waals surface area contributed by atoms with Crippen molar-refractivity contribution in [2.24, 2.45) is 0 Å². The van der Waals surface area contributed by atoms with Gasteiger partial charge in [0.15, 0.2) is 24.0 Å². The van der Waals surface area contributed by atoms with Crippen molar-refractivity contribution >= 4 is 36.6 Å². The van der Waals surface area contributed by atoms with Crippen molar-refractivity contribution in [3.8, 4) is 17.2 Å². The number of aliphatic hydroxyl groups excluding tert-OH is 1. The molecule has 1 amide bonds. The zero-order chi connectivity index (χ0) is 41.5. The van der Waals surface area contributed by atoms with Gasteiger partial charge in [0.25, 0.3) is 0 Å². The summed E-state index contributed by atoms with van der Waals surface area (Å²) >= 11 is 0. The van der Waals surface area contributed by atoms with E-state index < -0.39 is 62.5 Å². The summed E-state index contributed by atoms with van der Waals surface area (Å²) < 4.78 is 93.8. The number of anilines is 1. The van der Waals surface area contributed by atoms with E-state index in [1.807, 2.05) is 4.90 Å². The van der Waals surface area contributed by atoms with Crippen LogP contribution in [0.4, 0.5) is 19.4 Å². The molecule has 1 unspecified atom stereocenters. The van der Waals surface area contributed by atoms with Gasteiger partial charge in [-0.1, -0.05) is 18.2 Å². The Labute approximate surface area is 329 Å². The molecule has 0 saturated carbocycles. The Bertz CT molecular complexity index is 2150. The Balaban J connectivity index is 1.06. The third-order valence-corrected chi connectivity index (χ3v) is 10.6. The van der Waals surface area contributed by atoms with Crippen molar-refractivity contribution in [1.82, 2.24) is 19.5 Å². The number of carbonyl (C=O) groups is 2. The predicted molar refractivity (Wildman–Crippen MR) is 198 cm³/mol. The highest BCUT2D eigenvalue weighted by atomic mass is 31.2. The fourth-order valence-corrected chi connectivity index (χ4v) is 7.43. The molecule has 0 spiro atoms. The highest BCUT2D eigenvalue weighted by Gasteiger charge is 2.60. The van der Waals surface area contributed by atoms with Gasteiger partial charge in [0.05, 0.1) is 34.0 Å². The van der Waals surface area contributed by atoms with Gasteiger partial charge in [-0.3, -0.25) is 24.1 Å². The van der Waals surface area contributed by atoms with Gasteiger partial charge >= 0.3 is 31.4 Å². The first-order valence-corrected chi connectivity index (χ1v) is 19.5. The van der Waals surface area contributed by atoms with Gasteiger partial charge in [-0.2, -0.15) is 18.9 Å². The molecule has 6 rings (SSSR count). The number of nitrogens with one attached hydrogen (secondary N) is 2. The average molecular weight is 838 g/mol. The molecule has 58 heavy (non-hydrogen) atoms. The van der Waals surface area contributed by atoms with Crippen LogP contribution in [-0.2, 0) is 39.4 Å². The summed E-state index contributed by atoms with van der Waals surface area (Å²) in [6.45, 7) is 3.05. The molecule has 22 heteroatoms. The van der Waals surface area contributed by atoms with Crippen LogP contribution in [0, 0.1) is 0 Å². The molecule has 2 saturated heterocycles. The van der Waals surface area contributed by atoms with Gasteiger partial charge in [0.2, 0.25) is 6.23 Å². The number of nitrogens with zero attached hydrogens (tertiary/aromatic N) is 3. The number of hydrogen-bond acceptors (Lipinski definition) is 16. The smallest absolute Gasteiger partial charge is 0.459 e. The topological polar surface area (TPSA) is 221 Å². The highest BCUT2D eigenvalue weighted by molar-refractivity contribution is 7.52. The number of fused-ring (bicyclic) bond motifs is 1. The van der Waals surface area contributed by atoms with Crippen LogP contribution >= 0.6 is 7.75 Å². The number of hydrogen-bond donors (Lipinski definition) is 3. The van der Waals surface area contributed by atoms with Crippen LogP contribution in [0.25, 0.3) is 11.0 Å². The minimum absolute atomic E-state index is 0.0416. The van der Waals surface area contributed by atoms with E-state index in [0.717, 1.165) is 12.3 Å². The number of amides is 1. The summed E-state index contributed by atoms with van der Waals surface area (Å²) in [5.41, 5.74) is -0.888. The summed E-state index contributed by atoms with van der Waals surface area (Å²) in [4.78, 5) is 43.9. The molecular weight excluding hydrogens is 795 g/mol. The molecule has 19 nitrogen and oxygen atoms in total. The van der Waals surface area contributed by atoms with E-state index in [9.17, 15) is 24.1 Å². The number of alkyl halides is 2. The van der Waals surface area contributed by atoms with Crippen molar-refractivity contribution in [3.05, 3.63) is 77.0 Å². The van der Waals surface area contributed by atoms with Crippen molar-refractivity contribution in [1.29, 1.82) is 0 Å². The quantitative estimate of drug-likeness (QED) is 0.102. The van der Waals surface area contributed by atoms with E-state index in [4.69, 9.17) is 41.9 Å². The maximum absolute atomic E-state index is 15.5. The number of furan rings is 1. The minimum Gasteiger partial charge on any atom is -0.497 e. The van der Waals surface area contributed by atoms with Crippen molar-refractivity contribution in [3.63, 3.8) is 0 Å². The van der Waals surface area contributed by atoms with Crippen LogP contribution in [0.15, 0.2) is 70.0 Å². The monoisotopic (exact) mass is 837 g/mol. The molecule has 5 atom stereocenters. The molecule has 0 bridgehead atoms. The van der Waals surface area contributed by atoms with E-state index in [2.05, 4.69) is 15.4 Å². The maximum atomic E-state index is 15.5. The fourth-order valence-electron chi connectivity index (χ4n) is 5.93. The lowest BCUT2D eigenvalue weighted by molar-refractivity contribution is -0.146. The number of carbonyl (C=O) groups excluding carboxylic acids is 2. The number of aromatic nitrogens is 2. The largest absolute Gasteiger partial charge is 0.497 e. The first-order chi connectivity index (χ1) is 27.8. The number of benzene rings is 2. The number of morpholine rings is 1. The van der Waals surface area contributed by atoms with Crippen LogP contribution < -0.4 is 30.1 Å². The van der Waals surface area contributed by atoms with Gasteiger partial charge in [-0.15, -0.1) is 0 Å². The molecule has 314 valence electrons. The molecule has 4 aromatic rings. The van der Waals surface area contributed by atoms with E-state index >= 15 is 8.78 Å². The second-order valence-corrected chi connectivity index (χ2v) is 14.7. The van der Waals surface area contributed by atoms with Crippen LogP contribution in [0.5, 0.6) is 17.2 Å². The van der Waals surface area contributed by atoms with Crippen LogP contribution in [0.2, 0.25) is 0 Å². The third kappa shape index (κ3) is 10.3. The van der Waals surface area contributed by atoms with Crippen LogP contribution in [0.3, 0.4) is 0 Å². The summed E-state index contributed by atoms with van der Waals surface area (Å²) in [7, 11) is -1.61. The number of aliphatic hydroxyl groups is 1. The number of halogens is 2. The van der Waals surface area contributed by atoms with Crippen molar-refractivity contribution < 1.29 is 69.9 Å². The molecule has 2 aliphatic rings. The lowest BCUT2D eigenvalue weighted by Crippen LogP contribution is -2.42. The lowest BCUT2D eigenvalue weighted by atomic mass is 10.1. The normalized spacial score (nSPS) is 20.8. The van der Waals surface area contributed by atoms with E-state index in [1.54, 1.807) is 36.4 Å².